The van der Waals surface area contributed by atoms with E-state index < -0.39 is 11.8 Å². The standard InChI is InChI=1S/C18H16ClN3O4/c1-10-12(18(20)25)3-2-4-13(10)21-16(23)8-22-14-7-11(19)5-6-15(14)26-9-17(22)24/h2-7H,8-9H2,1H3,(H2,20,25)(H,21,23). The fourth-order valence-electron chi connectivity index (χ4n) is 2.72. The fraction of sp³-hybridized carbons (Fsp3) is 0.167. The van der Waals surface area contributed by atoms with Gasteiger partial charge in [0.25, 0.3) is 5.91 Å². The van der Waals surface area contributed by atoms with Crippen LogP contribution in [0.2, 0.25) is 5.02 Å². The van der Waals surface area contributed by atoms with Crippen molar-refractivity contribution in [3.8, 4) is 5.75 Å². The van der Waals surface area contributed by atoms with Gasteiger partial charge in [-0.1, -0.05) is 17.7 Å². The average molecular weight is 374 g/mol. The lowest BCUT2D eigenvalue weighted by molar-refractivity contribution is -0.123. The predicted molar refractivity (Wildman–Crippen MR) is 97.6 cm³/mol. The molecule has 1 aliphatic heterocycles. The Labute approximate surface area is 154 Å². The van der Waals surface area contributed by atoms with Gasteiger partial charge in [0.2, 0.25) is 11.8 Å². The highest BCUT2D eigenvalue weighted by Crippen LogP contribution is 2.34. The molecule has 0 saturated heterocycles. The summed E-state index contributed by atoms with van der Waals surface area (Å²) >= 11 is 5.99. The number of benzene rings is 2. The number of hydrogen-bond acceptors (Lipinski definition) is 4. The Morgan fingerprint density at radius 3 is 2.81 bits per heavy atom. The van der Waals surface area contributed by atoms with E-state index >= 15 is 0 Å². The Bertz CT molecular complexity index is 913. The number of carbonyl (C=O) groups excluding carboxylic acids is 3. The summed E-state index contributed by atoms with van der Waals surface area (Å²) in [4.78, 5) is 37.4. The van der Waals surface area contributed by atoms with E-state index in [0.717, 1.165) is 0 Å². The fourth-order valence-corrected chi connectivity index (χ4v) is 2.89. The van der Waals surface area contributed by atoms with Gasteiger partial charge in [-0.15, -0.1) is 0 Å². The van der Waals surface area contributed by atoms with E-state index in [1.54, 1.807) is 43.3 Å². The second-order valence-corrected chi connectivity index (χ2v) is 6.21. The number of ether oxygens (including phenoxy) is 1. The molecule has 0 unspecified atom stereocenters. The first-order valence-corrected chi connectivity index (χ1v) is 8.16. The highest BCUT2D eigenvalue weighted by Gasteiger charge is 2.27. The van der Waals surface area contributed by atoms with Crippen molar-refractivity contribution in [2.75, 3.05) is 23.4 Å². The zero-order chi connectivity index (χ0) is 18.8. The topological polar surface area (TPSA) is 102 Å². The smallest absolute Gasteiger partial charge is 0.265 e. The van der Waals surface area contributed by atoms with Crippen LogP contribution in [0.4, 0.5) is 11.4 Å². The van der Waals surface area contributed by atoms with Crippen LogP contribution in [0.5, 0.6) is 5.75 Å². The molecule has 3 amide bonds. The normalized spacial score (nSPS) is 13.0. The van der Waals surface area contributed by atoms with Crippen LogP contribution in [0.1, 0.15) is 15.9 Å². The Morgan fingerprint density at radius 2 is 2.08 bits per heavy atom. The molecule has 3 N–H and O–H groups in total. The number of primary amides is 1. The first-order valence-electron chi connectivity index (χ1n) is 7.79. The quantitative estimate of drug-likeness (QED) is 0.856. The van der Waals surface area contributed by atoms with Crippen LogP contribution in [0.3, 0.4) is 0 Å². The third-order valence-corrected chi connectivity index (χ3v) is 4.27. The average Bonchev–Trinajstić information content (AvgIpc) is 2.59. The summed E-state index contributed by atoms with van der Waals surface area (Å²) < 4.78 is 5.35. The first-order chi connectivity index (χ1) is 12.4. The minimum atomic E-state index is -0.578. The summed E-state index contributed by atoms with van der Waals surface area (Å²) in [5.41, 5.74) is 7.09. The Balaban J connectivity index is 1.81. The summed E-state index contributed by atoms with van der Waals surface area (Å²) in [5.74, 6) is -0.868. The number of halogens is 1. The molecule has 0 radical (unpaired) electrons. The maximum Gasteiger partial charge on any atom is 0.265 e. The summed E-state index contributed by atoms with van der Waals surface area (Å²) in [7, 11) is 0. The van der Waals surface area contributed by atoms with E-state index in [2.05, 4.69) is 5.32 Å². The van der Waals surface area contributed by atoms with Gasteiger partial charge >= 0.3 is 0 Å². The molecule has 26 heavy (non-hydrogen) atoms. The van der Waals surface area contributed by atoms with Crippen molar-refractivity contribution in [3.63, 3.8) is 0 Å². The SMILES string of the molecule is Cc1c(NC(=O)CN2C(=O)COc3ccc(Cl)cc32)cccc1C(N)=O. The highest BCUT2D eigenvalue weighted by molar-refractivity contribution is 6.31. The summed E-state index contributed by atoms with van der Waals surface area (Å²) in [6.45, 7) is 1.32. The number of fused-ring (bicyclic) bond motifs is 1. The van der Waals surface area contributed by atoms with E-state index in [1.165, 1.54) is 4.90 Å². The third-order valence-electron chi connectivity index (χ3n) is 4.04. The minimum Gasteiger partial charge on any atom is -0.482 e. The number of nitrogens with zero attached hydrogens (tertiary/aromatic N) is 1. The number of hydrogen-bond donors (Lipinski definition) is 2. The Morgan fingerprint density at radius 1 is 1.31 bits per heavy atom. The van der Waals surface area contributed by atoms with E-state index in [-0.39, 0.29) is 19.1 Å². The molecule has 0 saturated carbocycles. The number of carbonyl (C=O) groups is 3. The third kappa shape index (κ3) is 3.48. The van der Waals surface area contributed by atoms with Gasteiger partial charge in [-0.3, -0.25) is 19.3 Å². The van der Waals surface area contributed by atoms with Crippen LogP contribution in [-0.4, -0.2) is 30.9 Å². The van der Waals surface area contributed by atoms with Gasteiger partial charge in [-0.25, -0.2) is 0 Å². The lowest BCUT2D eigenvalue weighted by Gasteiger charge is -2.29. The van der Waals surface area contributed by atoms with Gasteiger partial charge < -0.3 is 15.8 Å². The minimum absolute atomic E-state index is 0.155. The van der Waals surface area contributed by atoms with Crippen LogP contribution in [0.15, 0.2) is 36.4 Å². The van der Waals surface area contributed by atoms with Gasteiger partial charge in [0.1, 0.15) is 12.3 Å². The molecule has 0 aromatic heterocycles. The van der Waals surface area contributed by atoms with Crippen LogP contribution in [0, 0.1) is 6.92 Å². The maximum atomic E-state index is 12.5. The molecule has 2 aromatic rings. The number of amides is 3. The van der Waals surface area contributed by atoms with Crippen molar-refractivity contribution < 1.29 is 19.1 Å². The summed E-state index contributed by atoms with van der Waals surface area (Å²) in [6, 6.07) is 9.73. The molecule has 1 heterocycles. The van der Waals surface area contributed by atoms with Crippen molar-refractivity contribution in [2.24, 2.45) is 5.73 Å². The van der Waals surface area contributed by atoms with Crippen molar-refractivity contribution in [3.05, 3.63) is 52.5 Å². The van der Waals surface area contributed by atoms with E-state index in [9.17, 15) is 14.4 Å². The van der Waals surface area contributed by atoms with Crippen molar-refractivity contribution in [1.82, 2.24) is 0 Å². The molecule has 0 fully saturated rings. The monoisotopic (exact) mass is 373 g/mol. The van der Waals surface area contributed by atoms with Gasteiger partial charge in [-0.05, 0) is 42.8 Å². The summed E-state index contributed by atoms with van der Waals surface area (Å²) in [5, 5.41) is 3.13. The zero-order valence-electron chi connectivity index (χ0n) is 13.9. The Kier molecular flexibility index (Phi) is 4.81. The molecule has 0 aliphatic carbocycles. The largest absolute Gasteiger partial charge is 0.482 e. The second-order valence-electron chi connectivity index (χ2n) is 5.77. The molecule has 1 aliphatic rings. The van der Waals surface area contributed by atoms with Crippen LogP contribution < -0.4 is 20.7 Å². The Hall–Kier alpha value is -3.06. The molecule has 0 atom stereocenters. The zero-order valence-corrected chi connectivity index (χ0v) is 14.7. The van der Waals surface area contributed by atoms with E-state index in [0.29, 0.717) is 33.3 Å². The van der Waals surface area contributed by atoms with Gasteiger partial charge in [0.15, 0.2) is 6.61 Å². The number of nitrogens with two attached hydrogens (primary N) is 1. The molecular formula is C18H16ClN3O4. The maximum absolute atomic E-state index is 12.5. The van der Waals surface area contributed by atoms with E-state index in [1.807, 2.05) is 0 Å². The lowest BCUT2D eigenvalue weighted by atomic mass is 10.1. The molecule has 8 heteroatoms. The number of rotatable bonds is 4. The second kappa shape index (κ2) is 7.05. The predicted octanol–water partition coefficient (Wildman–Crippen LogP) is 2.11. The van der Waals surface area contributed by atoms with Crippen LogP contribution in [0.25, 0.3) is 0 Å². The summed E-state index contributed by atoms with van der Waals surface area (Å²) in [6.07, 6.45) is 0. The lowest BCUT2D eigenvalue weighted by Crippen LogP contribution is -2.43. The van der Waals surface area contributed by atoms with Gasteiger partial charge in [-0.2, -0.15) is 0 Å². The van der Waals surface area contributed by atoms with E-state index in [4.69, 9.17) is 22.1 Å². The van der Waals surface area contributed by atoms with Crippen LogP contribution in [-0.2, 0) is 9.59 Å². The van der Waals surface area contributed by atoms with Crippen molar-refractivity contribution in [2.45, 2.75) is 6.92 Å². The van der Waals surface area contributed by atoms with Crippen molar-refractivity contribution >= 4 is 40.7 Å². The number of anilines is 2. The van der Waals surface area contributed by atoms with Crippen molar-refractivity contribution in [1.29, 1.82) is 0 Å². The highest BCUT2D eigenvalue weighted by atomic mass is 35.5. The molecule has 0 bridgehead atoms. The van der Waals surface area contributed by atoms with Gasteiger partial charge in [0.05, 0.1) is 5.69 Å². The van der Waals surface area contributed by atoms with Crippen LogP contribution >= 0.6 is 11.6 Å². The van der Waals surface area contributed by atoms with Gasteiger partial charge in [0, 0.05) is 16.3 Å². The first kappa shape index (κ1) is 17.8. The molecule has 134 valence electrons. The molecular weight excluding hydrogens is 358 g/mol. The molecule has 0 spiro atoms. The molecule has 3 rings (SSSR count). The molecule has 2 aromatic carbocycles. The number of nitrogens with one attached hydrogen (secondary N) is 1. The molecule has 7 nitrogen and oxygen atoms in total.